The van der Waals surface area contributed by atoms with Gasteiger partial charge in [-0.2, -0.15) is 0 Å². The molecule has 0 aliphatic rings. The second-order valence-corrected chi connectivity index (χ2v) is 5.71. The summed E-state index contributed by atoms with van der Waals surface area (Å²) in [5.74, 6) is 1.34. The van der Waals surface area contributed by atoms with Gasteiger partial charge in [-0.05, 0) is 29.8 Å². The van der Waals surface area contributed by atoms with Crippen molar-refractivity contribution in [1.29, 1.82) is 0 Å². The van der Waals surface area contributed by atoms with E-state index in [1.165, 1.54) is 0 Å². The molecule has 0 atom stereocenters. The molecule has 0 saturated carbocycles. The largest absolute Gasteiger partial charge is 0.363 e. The van der Waals surface area contributed by atoms with E-state index in [2.05, 4.69) is 20.7 Å². The molecule has 0 fully saturated rings. The van der Waals surface area contributed by atoms with Crippen molar-refractivity contribution in [1.82, 2.24) is 20.1 Å². The lowest BCUT2D eigenvalue weighted by atomic mass is 10.2. The monoisotopic (exact) mass is 336 g/mol. The number of hydrogen-bond acceptors (Lipinski definition) is 4. The Hall–Kier alpha value is -3.35. The van der Waals surface area contributed by atoms with E-state index in [0.717, 1.165) is 17.1 Å². The van der Waals surface area contributed by atoms with Gasteiger partial charge in [0.1, 0.15) is 5.82 Å². The quantitative estimate of drug-likeness (QED) is 0.751. The Morgan fingerprint density at radius 2 is 1.96 bits per heavy atom. The van der Waals surface area contributed by atoms with Crippen LogP contribution in [0.25, 0.3) is 5.69 Å². The zero-order valence-electron chi connectivity index (χ0n) is 14.2. The lowest BCUT2D eigenvalue weighted by Gasteiger charge is -2.12. The van der Waals surface area contributed by atoms with E-state index in [1.807, 2.05) is 61.5 Å². The molecule has 7 heteroatoms. The van der Waals surface area contributed by atoms with E-state index in [4.69, 9.17) is 0 Å². The number of rotatable bonds is 5. The summed E-state index contributed by atoms with van der Waals surface area (Å²) in [4.78, 5) is 18.2. The third-order valence-electron chi connectivity index (χ3n) is 3.57. The summed E-state index contributed by atoms with van der Waals surface area (Å²) in [6.45, 7) is 0.411. The zero-order valence-corrected chi connectivity index (χ0v) is 14.2. The fourth-order valence-corrected chi connectivity index (χ4v) is 2.27. The Kier molecular flexibility index (Phi) is 4.94. The van der Waals surface area contributed by atoms with Crippen LogP contribution < -0.4 is 15.5 Å². The molecule has 0 aliphatic heterocycles. The molecule has 3 rings (SSSR count). The molecule has 128 valence electrons. The molecule has 0 aliphatic carbocycles. The predicted octanol–water partition coefficient (Wildman–Crippen LogP) is 2.66. The topological polar surface area (TPSA) is 75.1 Å². The molecule has 0 saturated heterocycles. The van der Waals surface area contributed by atoms with Crippen LogP contribution in [0.1, 0.15) is 5.56 Å². The van der Waals surface area contributed by atoms with Crippen LogP contribution in [0.2, 0.25) is 0 Å². The molecule has 0 bridgehead atoms. The Morgan fingerprint density at radius 1 is 1.16 bits per heavy atom. The van der Waals surface area contributed by atoms with E-state index < -0.39 is 0 Å². The third kappa shape index (κ3) is 4.35. The highest BCUT2D eigenvalue weighted by Gasteiger charge is 2.06. The molecule has 0 spiro atoms. The normalized spacial score (nSPS) is 10.3. The first-order valence-electron chi connectivity index (χ1n) is 7.90. The van der Waals surface area contributed by atoms with Crippen molar-refractivity contribution in [2.45, 2.75) is 6.54 Å². The van der Waals surface area contributed by atoms with Crippen molar-refractivity contribution < 1.29 is 4.79 Å². The van der Waals surface area contributed by atoms with Gasteiger partial charge in [0.15, 0.2) is 5.82 Å². The number of aromatic nitrogens is 3. The molecular formula is C18H20N6O. The molecule has 3 aromatic rings. The molecule has 0 unspecified atom stereocenters. The minimum Gasteiger partial charge on any atom is -0.363 e. The van der Waals surface area contributed by atoms with E-state index >= 15 is 0 Å². The fraction of sp³-hybridized carbons (Fsp3) is 0.167. The number of nitrogens with zero attached hydrogens (tertiary/aromatic N) is 4. The maximum atomic E-state index is 12.1. The third-order valence-corrected chi connectivity index (χ3v) is 3.57. The molecular weight excluding hydrogens is 316 g/mol. The minimum atomic E-state index is -0.304. The van der Waals surface area contributed by atoms with Crippen LogP contribution >= 0.6 is 0 Å². The fourth-order valence-electron chi connectivity index (χ4n) is 2.27. The predicted molar refractivity (Wildman–Crippen MR) is 98.0 cm³/mol. The summed E-state index contributed by atoms with van der Waals surface area (Å²) in [7, 11) is 3.85. The highest BCUT2D eigenvalue weighted by atomic mass is 16.2. The van der Waals surface area contributed by atoms with Crippen LogP contribution in [0.5, 0.6) is 0 Å². The first-order valence-corrected chi connectivity index (χ1v) is 7.90. The smallest absolute Gasteiger partial charge is 0.320 e. The Labute approximate surface area is 146 Å². The second-order valence-electron chi connectivity index (χ2n) is 5.71. The van der Waals surface area contributed by atoms with Crippen LogP contribution in [0.4, 0.5) is 16.4 Å². The summed E-state index contributed by atoms with van der Waals surface area (Å²) in [5, 5.41) is 9.89. The Morgan fingerprint density at radius 3 is 2.72 bits per heavy atom. The van der Waals surface area contributed by atoms with Crippen LogP contribution in [0, 0.1) is 0 Å². The van der Waals surface area contributed by atoms with Crippen molar-refractivity contribution in [2.24, 2.45) is 0 Å². The van der Waals surface area contributed by atoms with Gasteiger partial charge in [0, 0.05) is 39.1 Å². The SMILES string of the molecule is CN(C)c1cc(CNC(=O)Nc2ccn(-c3ccccc3)n2)ccn1. The summed E-state index contributed by atoms with van der Waals surface area (Å²) in [5.41, 5.74) is 1.91. The average Bonchev–Trinajstić information content (AvgIpc) is 3.09. The van der Waals surface area contributed by atoms with Crippen molar-refractivity contribution in [3.05, 3.63) is 66.5 Å². The average molecular weight is 336 g/mol. The number of pyridine rings is 1. The van der Waals surface area contributed by atoms with Gasteiger partial charge in [0.2, 0.25) is 0 Å². The van der Waals surface area contributed by atoms with E-state index in [9.17, 15) is 4.79 Å². The highest BCUT2D eigenvalue weighted by molar-refractivity contribution is 5.88. The second kappa shape index (κ2) is 7.48. The number of hydrogen-bond donors (Lipinski definition) is 2. The lowest BCUT2D eigenvalue weighted by Crippen LogP contribution is -2.28. The van der Waals surface area contributed by atoms with Crippen LogP contribution in [0.3, 0.4) is 0 Å². The minimum absolute atomic E-state index is 0.304. The van der Waals surface area contributed by atoms with Gasteiger partial charge in [0.25, 0.3) is 0 Å². The van der Waals surface area contributed by atoms with Crippen LogP contribution in [0.15, 0.2) is 60.9 Å². The molecule has 0 radical (unpaired) electrons. The number of carbonyl (C=O) groups is 1. The highest BCUT2D eigenvalue weighted by Crippen LogP contribution is 2.11. The first-order chi connectivity index (χ1) is 12.1. The van der Waals surface area contributed by atoms with Gasteiger partial charge in [-0.15, -0.1) is 5.10 Å². The van der Waals surface area contributed by atoms with Gasteiger partial charge in [0.05, 0.1) is 5.69 Å². The van der Waals surface area contributed by atoms with Gasteiger partial charge < -0.3 is 10.2 Å². The number of amides is 2. The van der Waals surface area contributed by atoms with Gasteiger partial charge in [-0.3, -0.25) is 5.32 Å². The zero-order chi connectivity index (χ0) is 17.6. The number of nitrogens with one attached hydrogen (secondary N) is 2. The van der Waals surface area contributed by atoms with Gasteiger partial charge in [-0.25, -0.2) is 14.5 Å². The summed E-state index contributed by atoms with van der Waals surface area (Å²) < 4.78 is 1.71. The molecule has 2 aromatic heterocycles. The molecule has 1 aromatic carbocycles. The standard InChI is InChI=1S/C18H20N6O/c1-23(2)17-12-14(8-10-19-17)13-20-18(25)21-16-9-11-24(22-16)15-6-4-3-5-7-15/h3-12H,13H2,1-2H3,(H2,20,21,22,25). The van der Waals surface area contributed by atoms with Crippen LogP contribution in [-0.4, -0.2) is 34.9 Å². The number of para-hydroxylation sites is 1. The summed E-state index contributed by atoms with van der Waals surface area (Å²) in [6, 6.07) is 15.0. The molecule has 2 amide bonds. The lowest BCUT2D eigenvalue weighted by molar-refractivity contribution is 0.251. The molecule has 7 nitrogen and oxygen atoms in total. The maximum absolute atomic E-state index is 12.1. The van der Waals surface area contributed by atoms with Crippen LogP contribution in [-0.2, 0) is 6.54 Å². The Bertz CT molecular complexity index is 844. The number of carbonyl (C=O) groups excluding carboxylic acids is 1. The van der Waals surface area contributed by atoms with Gasteiger partial charge in [-0.1, -0.05) is 18.2 Å². The van der Waals surface area contributed by atoms with E-state index in [1.54, 1.807) is 23.1 Å². The van der Waals surface area contributed by atoms with Crippen molar-refractivity contribution >= 4 is 17.7 Å². The van der Waals surface area contributed by atoms with E-state index in [0.29, 0.717) is 12.4 Å². The first kappa shape index (κ1) is 16.5. The van der Waals surface area contributed by atoms with Crippen molar-refractivity contribution in [3.8, 4) is 5.69 Å². The number of anilines is 2. The molecule has 2 heterocycles. The van der Waals surface area contributed by atoms with Crippen molar-refractivity contribution in [2.75, 3.05) is 24.3 Å². The van der Waals surface area contributed by atoms with Gasteiger partial charge >= 0.3 is 6.03 Å². The Balaban J connectivity index is 1.56. The summed E-state index contributed by atoms with van der Waals surface area (Å²) >= 11 is 0. The molecule has 2 N–H and O–H groups in total. The summed E-state index contributed by atoms with van der Waals surface area (Å²) in [6.07, 6.45) is 3.53. The maximum Gasteiger partial charge on any atom is 0.320 e. The number of urea groups is 1. The number of benzene rings is 1. The molecule has 25 heavy (non-hydrogen) atoms. The van der Waals surface area contributed by atoms with E-state index in [-0.39, 0.29) is 6.03 Å². The van der Waals surface area contributed by atoms with Crippen molar-refractivity contribution in [3.63, 3.8) is 0 Å².